The Kier molecular flexibility index (Phi) is 19.0. The zero-order valence-electron chi connectivity index (χ0n) is 43.0. The maximum absolute atomic E-state index is 14.5. The molecule has 68 heavy (non-hydrogen) atoms. The van der Waals surface area contributed by atoms with Gasteiger partial charge < -0.3 is 69.2 Å². The first-order chi connectivity index (χ1) is 31.7. The van der Waals surface area contributed by atoms with Crippen molar-refractivity contribution in [2.75, 3.05) is 34.3 Å². The van der Waals surface area contributed by atoms with E-state index in [1.807, 2.05) is 70.2 Å². The molecule has 5 rings (SSSR count). The monoisotopic (exact) mass is 961 g/mol. The maximum Gasteiger partial charge on any atom is 0.311 e. The molecule has 6 N–H and O–H groups in total. The van der Waals surface area contributed by atoms with Gasteiger partial charge in [0, 0.05) is 63.0 Å². The molecule has 0 amide bonds. The van der Waals surface area contributed by atoms with Gasteiger partial charge in [-0.05, 0) is 106 Å². The van der Waals surface area contributed by atoms with Crippen molar-refractivity contribution >= 4 is 11.7 Å². The lowest BCUT2D eigenvalue weighted by Gasteiger charge is -2.49. The van der Waals surface area contributed by atoms with Crippen molar-refractivity contribution in [2.45, 2.75) is 205 Å². The molecule has 3 fully saturated rings. The van der Waals surface area contributed by atoms with Gasteiger partial charge in [-0.15, -0.1) is 5.10 Å². The molecule has 4 heterocycles. The lowest BCUT2D eigenvalue weighted by Crippen LogP contribution is -2.61. The topological polar surface area (TPSA) is 235 Å². The number of benzene rings is 1. The van der Waals surface area contributed by atoms with Crippen LogP contribution in [-0.4, -0.2) is 187 Å². The molecule has 0 radical (unpaired) electrons. The molecule has 18 nitrogen and oxygen atoms in total. The third-order valence-corrected chi connectivity index (χ3v) is 15.1. The number of esters is 1. The molecule has 18 atom stereocenters. The van der Waals surface area contributed by atoms with Crippen LogP contribution >= 0.6 is 0 Å². The number of rotatable bonds is 13. The summed E-state index contributed by atoms with van der Waals surface area (Å²) in [5.41, 5.74) is -1.31. The Morgan fingerprint density at radius 2 is 1.65 bits per heavy atom. The second-order valence-electron chi connectivity index (χ2n) is 21.2. The number of cyclic esters (lactones) is 1. The molecule has 0 bridgehead atoms. The summed E-state index contributed by atoms with van der Waals surface area (Å²) >= 11 is 0. The first kappa shape index (κ1) is 55.9. The minimum atomic E-state index is -1.83. The van der Waals surface area contributed by atoms with Crippen molar-refractivity contribution in [1.29, 1.82) is 5.41 Å². The van der Waals surface area contributed by atoms with Crippen LogP contribution in [0.25, 0.3) is 0 Å². The molecular formula is C50H84N6O12. The SMILES string of the molecule is CC[C@H]1OC(=O)[C@H](C)[C@@H](O[C@H]2C[C@@](C)(OC)[C@@H](O)[C@H](C)O2)[C@H](C)[C@@H](O[C@@H]2O[C@H](C)C[C@H](N(C)CCc3cn(Cc4ccc(C(C)=N)cc4)nn3)[C@H]2O)[C@](C)(O)C[C@@H](C)CN(C)[C@H](C)[C@@H](O)[C@]1(C)O. The number of aliphatic hydroxyl groups excluding tert-OH is 3. The van der Waals surface area contributed by atoms with Gasteiger partial charge in [-0.25, -0.2) is 4.68 Å². The molecular weight excluding hydrogens is 877 g/mol. The van der Waals surface area contributed by atoms with Crippen LogP contribution in [0.5, 0.6) is 0 Å². The van der Waals surface area contributed by atoms with E-state index in [1.54, 1.807) is 53.1 Å². The van der Waals surface area contributed by atoms with Gasteiger partial charge >= 0.3 is 5.97 Å². The second kappa shape index (κ2) is 23.1. The molecule has 3 saturated heterocycles. The zero-order chi connectivity index (χ0) is 50.6. The van der Waals surface area contributed by atoms with Gasteiger partial charge in [-0.2, -0.15) is 0 Å². The van der Waals surface area contributed by atoms with Crippen molar-refractivity contribution in [3.8, 4) is 0 Å². The van der Waals surface area contributed by atoms with E-state index in [9.17, 15) is 30.3 Å². The number of likely N-dealkylation sites (N-methyl/N-ethyl adjacent to an activating group) is 2. The molecule has 0 aliphatic carbocycles. The molecule has 3 aliphatic rings. The minimum Gasteiger partial charge on any atom is -0.459 e. The molecule has 386 valence electrons. The number of carbonyl (C=O) groups excluding carboxylic acids is 1. The third-order valence-electron chi connectivity index (χ3n) is 15.1. The number of nitrogens with zero attached hydrogens (tertiary/aromatic N) is 5. The van der Waals surface area contributed by atoms with E-state index in [0.717, 1.165) is 16.8 Å². The predicted octanol–water partition coefficient (Wildman–Crippen LogP) is 3.54. The van der Waals surface area contributed by atoms with Crippen molar-refractivity contribution in [3.05, 3.63) is 47.3 Å². The summed E-state index contributed by atoms with van der Waals surface area (Å²) in [7, 11) is 5.28. The fourth-order valence-corrected chi connectivity index (χ4v) is 10.7. The van der Waals surface area contributed by atoms with Crippen LogP contribution in [0.2, 0.25) is 0 Å². The summed E-state index contributed by atoms with van der Waals surface area (Å²) in [6, 6.07) is 6.84. The van der Waals surface area contributed by atoms with Crippen LogP contribution in [0.4, 0.5) is 0 Å². The second-order valence-corrected chi connectivity index (χ2v) is 21.2. The van der Waals surface area contributed by atoms with Gasteiger partial charge in [0.15, 0.2) is 12.6 Å². The average Bonchev–Trinajstić information content (AvgIpc) is 3.73. The molecule has 0 unspecified atom stereocenters. The summed E-state index contributed by atoms with van der Waals surface area (Å²) in [6.45, 7) is 20.8. The van der Waals surface area contributed by atoms with E-state index in [-0.39, 0.29) is 31.3 Å². The summed E-state index contributed by atoms with van der Waals surface area (Å²) in [5, 5.41) is 76.2. The van der Waals surface area contributed by atoms with E-state index in [2.05, 4.69) is 15.2 Å². The van der Waals surface area contributed by atoms with Crippen molar-refractivity contribution in [1.82, 2.24) is 24.8 Å². The number of aromatic nitrogens is 3. The van der Waals surface area contributed by atoms with Crippen molar-refractivity contribution in [2.24, 2.45) is 17.8 Å². The third kappa shape index (κ3) is 13.1. The number of aliphatic hydroxyl groups is 5. The number of hydrogen-bond acceptors (Lipinski definition) is 17. The summed E-state index contributed by atoms with van der Waals surface area (Å²) < 4.78 is 40.0. The first-order valence-corrected chi connectivity index (χ1v) is 24.5. The van der Waals surface area contributed by atoms with Crippen LogP contribution < -0.4 is 0 Å². The molecule has 18 heteroatoms. The van der Waals surface area contributed by atoms with Gasteiger partial charge in [0.05, 0.1) is 53.8 Å². The standard InChI is InChI=1S/C50H84N6O12/c1-15-39-50(11,62)43(58)33(7)55(13)25-28(2)23-48(9,61)45(30(4)42(31(5)46(60)66-39)67-40-24-49(10,63-14)44(59)34(8)65-40)68-47-41(57)38(22-29(3)64-47)54(12)21-20-37-27-56(53-52-37)26-35-16-18-36(19-17-35)32(6)51/h16-19,27-31,33-34,38-45,47,51,57-59,61-62H,15,20-26H2,1-14H3/t28-,29-,30+,31-,33-,34+,38+,39-,40+,41-,42+,43-,44+,45-,47+,48-,49-,50-/m1/s1. The molecule has 1 aromatic carbocycles. The Bertz CT molecular complexity index is 1940. The molecule has 0 saturated carbocycles. The van der Waals surface area contributed by atoms with Crippen LogP contribution in [0, 0.1) is 23.2 Å². The van der Waals surface area contributed by atoms with Gasteiger partial charge in [-0.3, -0.25) is 4.79 Å². The van der Waals surface area contributed by atoms with Gasteiger partial charge in [0.2, 0.25) is 0 Å². The van der Waals surface area contributed by atoms with Crippen molar-refractivity contribution in [3.63, 3.8) is 0 Å². The molecule has 2 aromatic rings. The minimum absolute atomic E-state index is 0.105. The Morgan fingerprint density at radius 1 is 0.985 bits per heavy atom. The number of ether oxygens (including phenoxy) is 6. The lowest BCUT2D eigenvalue weighted by molar-refractivity contribution is -0.318. The molecule has 3 aliphatic heterocycles. The van der Waals surface area contributed by atoms with Crippen molar-refractivity contribution < 1.29 is 58.7 Å². The Balaban J connectivity index is 1.44. The van der Waals surface area contributed by atoms with Crippen LogP contribution in [0.15, 0.2) is 30.5 Å². The van der Waals surface area contributed by atoms with Gasteiger partial charge in [0.1, 0.15) is 30.0 Å². The highest BCUT2D eigenvalue weighted by atomic mass is 16.7. The largest absolute Gasteiger partial charge is 0.459 e. The Labute approximate surface area is 404 Å². The highest BCUT2D eigenvalue weighted by Gasteiger charge is 2.53. The molecule has 0 spiro atoms. The fraction of sp³-hybridized carbons (Fsp3) is 0.800. The summed E-state index contributed by atoms with van der Waals surface area (Å²) in [6.07, 6.45) is -6.50. The zero-order valence-corrected chi connectivity index (χ0v) is 43.0. The van der Waals surface area contributed by atoms with Crippen LogP contribution in [0.1, 0.15) is 119 Å². The quantitative estimate of drug-likeness (QED) is 0.125. The first-order valence-electron chi connectivity index (χ1n) is 24.5. The van der Waals surface area contributed by atoms with E-state index in [0.29, 0.717) is 38.2 Å². The fourth-order valence-electron chi connectivity index (χ4n) is 10.7. The summed E-state index contributed by atoms with van der Waals surface area (Å²) in [4.78, 5) is 18.4. The predicted molar refractivity (Wildman–Crippen MR) is 255 cm³/mol. The van der Waals surface area contributed by atoms with E-state index < -0.39 is 102 Å². The van der Waals surface area contributed by atoms with Gasteiger partial charge in [-0.1, -0.05) is 50.3 Å². The number of hydrogen-bond donors (Lipinski definition) is 6. The Hall–Kier alpha value is -2.98. The van der Waals surface area contributed by atoms with E-state index in [4.69, 9.17) is 33.8 Å². The normalized spacial score (nSPS) is 40.6. The van der Waals surface area contributed by atoms with E-state index in [1.165, 1.54) is 14.0 Å². The average molecular weight is 961 g/mol. The van der Waals surface area contributed by atoms with Crippen LogP contribution in [0.3, 0.4) is 0 Å². The Morgan fingerprint density at radius 3 is 2.26 bits per heavy atom. The number of methoxy groups -OCH3 is 1. The number of nitrogens with one attached hydrogen (secondary N) is 1. The number of carbonyl (C=O) groups is 1. The van der Waals surface area contributed by atoms with E-state index >= 15 is 0 Å². The highest BCUT2D eigenvalue weighted by molar-refractivity contribution is 5.96. The van der Waals surface area contributed by atoms with Crippen LogP contribution in [-0.2, 0) is 46.2 Å². The lowest BCUT2D eigenvalue weighted by atomic mass is 9.77. The molecule has 1 aromatic heterocycles. The summed E-state index contributed by atoms with van der Waals surface area (Å²) in [5.74, 6) is -2.76. The smallest absolute Gasteiger partial charge is 0.311 e. The highest BCUT2D eigenvalue weighted by Crippen LogP contribution is 2.40. The maximum atomic E-state index is 14.5. The van der Waals surface area contributed by atoms with Gasteiger partial charge in [0.25, 0.3) is 0 Å².